The number of nitrogens with one attached hydrogen (secondary N) is 2. The Morgan fingerprint density at radius 2 is 1.78 bits per heavy atom. The highest BCUT2D eigenvalue weighted by Crippen LogP contribution is 2.31. The number of aryl methyl sites for hydroxylation is 1. The summed E-state index contributed by atoms with van der Waals surface area (Å²) >= 11 is 5.09. The largest absolute Gasteiger partial charge is 0.323 e. The number of para-hydroxylation sites is 1. The predicted octanol–water partition coefficient (Wildman–Crippen LogP) is 6.68. The molecule has 2 amide bonds. The van der Waals surface area contributed by atoms with Gasteiger partial charge in [-0.1, -0.05) is 18.2 Å². The molecule has 0 aliphatic heterocycles. The first-order chi connectivity index (χ1) is 13.1. The van der Waals surface area contributed by atoms with Crippen LogP contribution in [0.4, 0.5) is 16.2 Å². The minimum Gasteiger partial charge on any atom is -0.308 e. The van der Waals surface area contributed by atoms with E-state index in [0.717, 1.165) is 31.9 Å². The van der Waals surface area contributed by atoms with Gasteiger partial charge in [0, 0.05) is 15.7 Å². The van der Waals surface area contributed by atoms with Crippen LogP contribution in [0.3, 0.4) is 0 Å². The number of hydrogen-bond acceptors (Lipinski definition) is 3. The summed E-state index contributed by atoms with van der Waals surface area (Å²) in [6.45, 7) is 2.08. The van der Waals surface area contributed by atoms with Crippen LogP contribution in [0.5, 0.6) is 0 Å². The number of urea groups is 1. The number of anilines is 2. The molecule has 0 aliphatic carbocycles. The van der Waals surface area contributed by atoms with E-state index < -0.39 is 0 Å². The van der Waals surface area contributed by atoms with Crippen molar-refractivity contribution >= 4 is 54.9 Å². The molecule has 0 saturated carbocycles. The van der Waals surface area contributed by atoms with E-state index in [1.165, 1.54) is 10.3 Å². The summed E-state index contributed by atoms with van der Waals surface area (Å²) < 4.78 is 2.02. The molecular weight excluding hydrogens is 422 g/mol. The Labute approximate surface area is 169 Å². The Morgan fingerprint density at radius 1 is 1.00 bits per heavy atom. The number of hydrogen-bond donors (Lipinski definition) is 2. The molecule has 3 aromatic carbocycles. The normalized spacial score (nSPS) is 10.7. The Bertz CT molecular complexity index is 1120. The first kappa shape index (κ1) is 17.7. The fourth-order valence-electron chi connectivity index (χ4n) is 2.70. The molecule has 4 aromatic rings. The van der Waals surface area contributed by atoms with Crippen LogP contribution in [-0.4, -0.2) is 11.0 Å². The SMILES string of the molecule is Cc1ccc2nc(-c3ccc(NC(=O)Nc4ccccc4Br)cc3)sc2c1. The summed E-state index contributed by atoms with van der Waals surface area (Å²) in [4.78, 5) is 16.9. The molecule has 0 aliphatic rings. The molecule has 4 nitrogen and oxygen atoms in total. The Balaban J connectivity index is 1.48. The van der Waals surface area contributed by atoms with Crippen LogP contribution >= 0.6 is 27.3 Å². The van der Waals surface area contributed by atoms with Gasteiger partial charge in [0.05, 0.1) is 15.9 Å². The number of amides is 2. The van der Waals surface area contributed by atoms with E-state index in [0.29, 0.717) is 0 Å². The van der Waals surface area contributed by atoms with Crippen LogP contribution in [-0.2, 0) is 0 Å². The van der Waals surface area contributed by atoms with E-state index in [4.69, 9.17) is 4.98 Å². The summed E-state index contributed by atoms with van der Waals surface area (Å²) in [5.74, 6) is 0. The molecule has 27 heavy (non-hydrogen) atoms. The first-order valence-corrected chi connectivity index (χ1v) is 9.99. The van der Waals surface area contributed by atoms with Gasteiger partial charge in [-0.2, -0.15) is 0 Å². The van der Waals surface area contributed by atoms with Gasteiger partial charge in [0.1, 0.15) is 5.01 Å². The van der Waals surface area contributed by atoms with Crippen molar-refractivity contribution < 1.29 is 4.79 Å². The molecule has 0 spiro atoms. The van der Waals surface area contributed by atoms with Gasteiger partial charge in [-0.3, -0.25) is 0 Å². The van der Waals surface area contributed by atoms with Crippen LogP contribution in [0.1, 0.15) is 5.56 Å². The van der Waals surface area contributed by atoms with Crippen molar-refractivity contribution in [1.29, 1.82) is 0 Å². The van der Waals surface area contributed by atoms with E-state index in [1.54, 1.807) is 11.3 Å². The zero-order valence-corrected chi connectivity index (χ0v) is 16.9. The van der Waals surface area contributed by atoms with Crippen LogP contribution in [0, 0.1) is 6.92 Å². The number of halogens is 1. The molecule has 4 rings (SSSR count). The lowest BCUT2D eigenvalue weighted by atomic mass is 10.2. The van der Waals surface area contributed by atoms with E-state index in [2.05, 4.69) is 45.6 Å². The second kappa shape index (κ2) is 7.50. The zero-order valence-electron chi connectivity index (χ0n) is 14.5. The van der Waals surface area contributed by atoms with E-state index in [1.807, 2.05) is 54.6 Å². The molecule has 134 valence electrons. The van der Waals surface area contributed by atoms with E-state index >= 15 is 0 Å². The molecular formula is C21H16BrN3OS. The Kier molecular flexibility index (Phi) is 4.92. The van der Waals surface area contributed by atoms with E-state index in [-0.39, 0.29) is 6.03 Å². The topological polar surface area (TPSA) is 54.0 Å². The number of thiazole rings is 1. The van der Waals surface area contributed by atoms with Gasteiger partial charge in [0.25, 0.3) is 0 Å². The minimum atomic E-state index is -0.287. The fourth-order valence-corrected chi connectivity index (χ4v) is 4.15. The molecule has 6 heteroatoms. The molecule has 1 aromatic heterocycles. The fraction of sp³-hybridized carbons (Fsp3) is 0.0476. The lowest BCUT2D eigenvalue weighted by Crippen LogP contribution is -2.19. The predicted molar refractivity (Wildman–Crippen MR) is 117 cm³/mol. The van der Waals surface area contributed by atoms with Crippen molar-refractivity contribution in [1.82, 2.24) is 4.98 Å². The monoisotopic (exact) mass is 437 g/mol. The zero-order chi connectivity index (χ0) is 18.8. The van der Waals surface area contributed by atoms with Gasteiger partial charge in [0.15, 0.2) is 0 Å². The van der Waals surface area contributed by atoms with Crippen molar-refractivity contribution in [2.75, 3.05) is 10.6 Å². The second-order valence-electron chi connectivity index (χ2n) is 6.13. The van der Waals surface area contributed by atoms with Gasteiger partial charge >= 0.3 is 6.03 Å². The standard InChI is InChI=1S/C21H16BrN3OS/c1-13-6-11-18-19(12-13)27-20(24-18)14-7-9-15(10-8-14)23-21(26)25-17-5-3-2-4-16(17)22/h2-12H,1H3,(H2,23,25,26). The molecule has 0 unspecified atom stereocenters. The summed E-state index contributed by atoms with van der Waals surface area (Å²) in [5.41, 5.74) is 4.71. The van der Waals surface area contributed by atoms with Crippen molar-refractivity contribution in [3.05, 3.63) is 76.8 Å². The lowest BCUT2D eigenvalue weighted by molar-refractivity contribution is 0.262. The summed E-state index contributed by atoms with van der Waals surface area (Å²) in [6.07, 6.45) is 0. The molecule has 0 saturated heterocycles. The molecule has 1 heterocycles. The van der Waals surface area contributed by atoms with Crippen molar-refractivity contribution in [2.45, 2.75) is 6.92 Å². The maximum absolute atomic E-state index is 12.2. The average Bonchev–Trinajstić information content (AvgIpc) is 3.07. The number of benzene rings is 3. The highest BCUT2D eigenvalue weighted by molar-refractivity contribution is 9.10. The number of rotatable bonds is 3. The van der Waals surface area contributed by atoms with Crippen LogP contribution < -0.4 is 10.6 Å². The maximum atomic E-state index is 12.2. The summed E-state index contributed by atoms with van der Waals surface area (Å²) in [7, 11) is 0. The summed E-state index contributed by atoms with van der Waals surface area (Å²) in [5, 5.41) is 6.64. The Morgan fingerprint density at radius 3 is 2.56 bits per heavy atom. The third-order valence-corrected chi connectivity index (χ3v) is 5.81. The van der Waals surface area contributed by atoms with Crippen LogP contribution in [0.25, 0.3) is 20.8 Å². The van der Waals surface area contributed by atoms with Gasteiger partial charge in [-0.25, -0.2) is 9.78 Å². The van der Waals surface area contributed by atoms with Crippen LogP contribution in [0.15, 0.2) is 71.2 Å². The molecule has 0 atom stereocenters. The quantitative estimate of drug-likeness (QED) is 0.375. The third-order valence-electron chi connectivity index (χ3n) is 4.06. The summed E-state index contributed by atoms with van der Waals surface area (Å²) in [6, 6.07) is 21.2. The highest BCUT2D eigenvalue weighted by atomic mass is 79.9. The van der Waals surface area contributed by atoms with Crippen molar-refractivity contribution in [2.24, 2.45) is 0 Å². The smallest absolute Gasteiger partial charge is 0.308 e. The highest BCUT2D eigenvalue weighted by Gasteiger charge is 2.08. The van der Waals surface area contributed by atoms with Gasteiger partial charge in [0.2, 0.25) is 0 Å². The van der Waals surface area contributed by atoms with Gasteiger partial charge < -0.3 is 10.6 Å². The number of fused-ring (bicyclic) bond motifs is 1. The first-order valence-electron chi connectivity index (χ1n) is 8.39. The maximum Gasteiger partial charge on any atom is 0.323 e. The van der Waals surface area contributed by atoms with Gasteiger partial charge in [-0.05, 0) is 76.9 Å². The number of aromatic nitrogens is 1. The van der Waals surface area contributed by atoms with E-state index in [9.17, 15) is 4.79 Å². The third kappa shape index (κ3) is 4.02. The molecule has 2 N–H and O–H groups in total. The second-order valence-corrected chi connectivity index (χ2v) is 8.01. The van der Waals surface area contributed by atoms with Crippen LogP contribution in [0.2, 0.25) is 0 Å². The minimum absolute atomic E-state index is 0.287. The Hall–Kier alpha value is -2.70. The van der Waals surface area contributed by atoms with Crippen molar-refractivity contribution in [3.63, 3.8) is 0 Å². The van der Waals surface area contributed by atoms with Crippen molar-refractivity contribution in [3.8, 4) is 10.6 Å². The number of nitrogens with zero attached hydrogens (tertiary/aromatic N) is 1. The van der Waals surface area contributed by atoms with Gasteiger partial charge in [-0.15, -0.1) is 11.3 Å². The lowest BCUT2D eigenvalue weighted by Gasteiger charge is -2.09. The average molecular weight is 438 g/mol. The molecule has 0 radical (unpaired) electrons. The number of carbonyl (C=O) groups is 1. The molecule has 0 bridgehead atoms. The molecule has 0 fully saturated rings. The number of carbonyl (C=O) groups excluding carboxylic acids is 1.